The quantitative estimate of drug-likeness (QED) is 0.706. The fourth-order valence-electron chi connectivity index (χ4n) is 1.98. The summed E-state index contributed by atoms with van der Waals surface area (Å²) >= 11 is 0. The molecule has 0 saturated heterocycles. The number of aromatic nitrogens is 3. The lowest BCUT2D eigenvalue weighted by molar-refractivity contribution is 1.01. The SMILES string of the molecule is Cc1cccc(-c2n[nH]c(=O)c3ccccc23)n1. The minimum absolute atomic E-state index is 0.179. The van der Waals surface area contributed by atoms with Crippen LogP contribution in [-0.4, -0.2) is 15.2 Å². The first-order chi connectivity index (χ1) is 8.75. The molecule has 0 saturated carbocycles. The summed E-state index contributed by atoms with van der Waals surface area (Å²) in [6.07, 6.45) is 0. The summed E-state index contributed by atoms with van der Waals surface area (Å²) in [5, 5.41) is 8.08. The zero-order chi connectivity index (χ0) is 12.5. The van der Waals surface area contributed by atoms with Crippen molar-refractivity contribution in [3.8, 4) is 11.4 Å². The smallest absolute Gasteiger partial charge is 0.267 e. The molecule has 2 heterocycles. The van der Waals surface area contributed by atoms with E-state index in [1.807, 2.05) is 43.3 Å². The fourth-order valence-corrected chi connectivity index (χ4v) is 1.98. The number of benzene rings is 1. The van der Waals surface area contributed by atoms with Gasteiger partial charge in [-0.1, -0.05) is 24.3 Å². The summed E-state index contributed by atoms with van der Waals surface area (Å²) in [6, 6.07) is 13.1. The van der Waals surface area contributed by atoms with Gasteiger partial charge in [0, 0.05) is 11.1 Å². The van der Waals surface area contributed by atoms with E-state index in [-0.39, 0.29) is 5.56 Å². The molecule has 0 aliphatic heterocycles. The fraction of sp³-hybridized carbons (Fsp3) is 0.0714. The summed E-state index contributed by atoms with van der Waals surface area (Å²) < 4.78 is 0. The molecule has 88 valence electrons. The van der Waals surface area contributed by atoms with Gasteiger partial charge in [-0.3, -0.25) is 9.78 Å². The monoisotopic (exact) mass is 237 g/mol. The van der Waals surface area contributed by atoms with Crippen LogP contribution < -0.4 is 5.56 Å². The van der Waals surface area contributed by atoms with E-state index in [0.29, 0.717) is 11.1 Å². The Kier molecular flexibility index (Phi) is 2.41. The number of aryl methyl sites for hydroxylation is 1. The van der Waals surface area contributed by atoms with Crippen LogP contribution in [0.25, 0.3) is 22.2 Å². The maximum Gasteiger partial charge on any atom is 0.272 e. The van der Waals surface area contributed by atoms with Crippen LogP contribution >= 0.6 is 0 Å². The summed E-state index contributed by atoms with van der Waals surface area (Å²) in [5.41, 5.74) is 2.21. The summed E-state index contributed by atoms with van der Waals surface area (Å²) in [4.78, 5) is 16.1. The van der Waals surface area contributed by atoms with E-state index in [4.69, 9.17) is 0 Å². The van der Waals surface area contributed by atoms with Gasteiger partial charge in [0.1, 0.15) is 5.69 Å². The van der Waals surface area contributed by atoms with Crippen molar-refractivity contribution in [3.05, 3.63) is 58.5 Å². The molecule has 3 aromatic rings. The van der Waals surface area contributed by atoms with Crippen LogP contribution in [0.3, 0.4) is 0 Å². The number of hydrogen-bond acceptors (Lipinski definition) is 3. The van der Waals surface area contributed by atoms with Gasteiger partial charge in [0.2, 0.25) is 0 Å². The van der Waals surface area contributed by atoms with Gasteiger partial charge in [-0.15, -0.1) is 0 Å². The van der Waals surface area contributed by atoms with Crippen molar-refractivity contribution in [2.45, 2.75) is 6.92 Å². The summed E-state index contributed by atoms with van der Waals surface area (Å²) in [7, 11) is 0. The molecule has 1 aromatic carbocycles. The molecule has 0 radical (unpaired) electrons. The summed E-state index contributed by atoms with van der Waals surface area (Å²) in [6.45, 7) is 1.93. The highest BCUT2D eigenvalue weighted by atomic mass is 16.1. The lowest BCUT2D eigenvalue weighted by Crippen LogP contribution is -2.09. The molecule has 0 amide bonds. The Morgan fingerprint density at radius 2 is 1.78 bits per heavy atom. The summed E-state index contributed by atoms with van der Waals surface area (Å²) in [5.74, 6) is 0. The van der Waals surface area contributed by atoms with Gasteiger partial charge in [-0.2, -0.15) is 5.10 Å². The molecular weight excluding hydrogens is 226 g/mol. The Morgan fingerprint density at radius 1 is 1.00 bits per heavy atom. The van der Waals surface area contributed by atoms with Crippen molar-refractivity contribution in [3.63, 3.8) is 0 Å². The second-order valence-corrected chi connectivity index (χ2v) is 4.11. The van der Waals surface area contributed by atoms with Gasteiger partial charge in [-0.05, 0) is 25.1 Å². The van der Waals surface area contributed by atoms with Crippen molar-refractivity contribution in [2.24, 2.45) is 0 Å². The van der Waals surface area contributed by atoms with E-state index >= 15 is 0 Å². The Balaban J connectivity index is 2.37. The third kappa shape index (κ3) is 1.68. The number of fused-ring (bicyclic) bond motifs is 1. The number of hydrogen-bond donors (Lipinski definition) is 1. The third-order valence-corrected chi connectivity index (χ3v) is 2.83. The number of pyridine rings is 1. The number of nitrogens with zero attached hydrogens (tertiary/aromatic N) is 2. The lowest BCUT2D eigenvalue weighted by atomic mass is 10.1. The minimum Gasteiger partial charge on any atom is -0.267 e. The molecule has 1 N–H and O–H groups in total. The topological polar surface area (TPSA) is 58.6 Å². The zero-order valence-corrected chi connectivity index (χ0v) is 9.84. The molecule has 4 nitrogen and oxygen atoms in total. The van der Waals surface area contributed by atoms with Crippen LogP contribution in [0.5, 0.6) is 0 Å². The molecule has 0 aliphatic rings. The number of nitrogens with one attached hydrogen (secondary N) is 1. The zero-order valence-electron chi connectivity index (χ0n) is 9.84. The van der Waals surface area contributed by atoms with Crippen molar-refractivity contribution in [1.82, 2.24) is 15.2 Å². The average molecular weight is 237 g/mol. The van der Waals surface area contributed by atoms with Crippen molar-refractivity contribution in [1.29, 1.82) is 0 Å². The van der Waals surface area contributed by atoms with Crippen molar-refractivity contribution in [2.75, 3.05) is 0 Å². The van der Waals surface area contributed by atoms with Crippen molar-refractivity contribution >= 4 is 10.8 Å². The van der Waals surface area contributed by atoms with E-state index in [1.165, 1.54) is 0 Å². The van der Waals surface area contributed by atoms with Crippen molar-refractivity contribution < 1.29 is 0 Å². The predicted octanol–water partition coefficient (Wildman–Crippen LogP) is 2.29. The maximum atomic E-state index is 11.7. The van der Waals surface area contributed by atoms with Crippen LogP contribution in [0.2, 0.25) is 0 Å². The third-order valence-electron chi connectivity index (χ3n) is 2.83. The molecule has 0 spiro atoms. The second kappa shape index (κ2) is 4.07. The molecule has 4 heteroatoms. The van der Waals surface area contributed by atoms with Crippen LogP contribution in [0, 0.1) is 6.92 Å². The van der Waals surface area contributed by atoms with Crippen LogP contribution in [0.15, 0.2) is 47.3 Å². The lowest BCUT2D eigenvalue weighted by Gasteiger charge is -2.04. The standard InChI is InChI=1S/C14H11N3O/c1-9-5-4-8-12(15-9)13-10-6-2-3-7-11(10)14(18)17-16-13/h2-8H,1H3,(H,17,18). The van der Waals surface area contributed by atoms with E-state index in [9.17, 15) is 4.79 Å². The Morgan fingerprint density at radius 3 is 2.56 bits per heavy atom. The Bertz CT molecular complexity index is 777. The highest BCUT2D eigenvalue weighted by Gasteiger charge is 2.08. The molecule has 2 aromatic heterocycles. The normalized spacial score (nSPS) is 10.7. The molecule has 3 rings (SSSR count). The molecule has 18 heavy (non-hydrogen) atoms. The number of aromatic amines is 1. The van der Waals surface area contributed by atoms with E-state index in [0.717, 1.165) is 16.8 Å². The second-order valence-electron chi connectivity index (χ2n) is 4.11. The van der Waals surface area contributed by atoms with Gasteiger partial charge >= 0.3 is 0 Å². The van der Waals surface area contributed by atoms with Gasteiger partial charge < -0.3 is 0 Å². The first-order valence-corrected chi connectivity index (χ1v) is 5.67. The molecular formula is C14H11N3O. The number of H-pyrrole nitrogens is 1. The minimum atomic E-state index is -0.179. The van der Waals surface area contributed by atoms with E-state index in [2.05, 4.69) is 15.2 Å². The molecule has 0 bridgehead atoms. The molecule has 0 unspecified atom stereocenters. The average Bonchev–Trinajstić information content (AvgIpc) is 2.39. The highest BCUT2D eigenvalue weighted by molar-refractivity contribution is 5.92. The largest absolute Gasteiger partial charge is 0.272 e. The van der Waals surface area contributed by atoms with Crippen LogP contribution in [0.4, 0.5) is 0 Å². The molecule has 0 aliphatic carbocycles. The molecule has 0 fully saturated rings. The first kappa shape index (κ1) is 10.7. The van der Waals surface area contributed by atoms with Gasteiger partial charge in [0.15, 0.2) is 0 Å². The van der Waals surface area contributed by atoms with Crippen LogP contribution in [0.1, 0.15) is 5.69 Å². The number of rotatable bonds is 1. The highest BCUT2D eigenvalue weighted by Crippen LogP contribution is 2.22. The first-order valence-electron chi connectivity index (χ1n) is 5.67. The maximum absolute atomic E-state index is 11.7. The van der Waals surface area contributed by atoms with E-state index in [1.54, 1.807) is 6.07 Å². The molecule has 0 atom stereocenters. The van der Waals surface area contributed by atoms with Crippen LogP contribution in [-0.2, 0) is 0 Å². The Hall–Kier alpha value is -2.49. The van der Waals surface area contributed by atoms with E-state index < -0.39 is 0 Å². The van der Waals surface area contributed by atoms with Gasteiger partial charge in [0.25, 0.3) is 5.56 Å². The van der Waals surface area contributed by atoms with Gasteiger partial charge in [0.05, 0.1) is 11.1 Å². The van der Waals surface area contributed by atoms with Gasteiger partial charge in [-0.25, -0.2) is 5.10 Å². The Labute approximate surface area is 103 Å². The predicted molar refractivity (Wildman–Crippen MR) is 70.3 cm³/mol.